The fourth-order valence-electron chi connectivity index (χ4n) is 5.47. The van der Waals surface area contributed by atoms with E-state index in [1.807, 2.05) is 0 Å². The minimum atomic E-state index is 0.484. The maximum Gasteiger partial charge on any atom is 0.0297 e. The van der Waals surface area contributed by atoms with Crippen LogP contribution in [0.15, 0.2) is 0 Å². The lowest BCUT2D eigenvalue weighted by atomic mass is 9.62. The van der Waals surface area contributed by atoms with Crippen LogP contribution in [-0.2, 0) is 0 Å². The second-order valence-corrected chi connectivity index (χ2v) is 7.93. The molecule has 0 radical (unpaired) electrons. The van der Waals surface area contributed by atoms with Crippen molar-refractivity contribution < 1.29 is 0 Å². The van der Waals surface area contributed by atoms with Gasteiger partial charge in [-0.15, -0.1) is 0 Å². The summed E-state index contributed by atoms with van der Waals surface area (Å²) in [6, 6.07) is 0.553. The van der Waals surface area contributed by atoms with Crippen LogP contribution in [0, 0.1) is 23.2 Å². The van der Waals surface area contributed by atoms with Gasteiger partial charge in [-0.2, -0.15) is 0 Å². The molecule has 2 rings (SSSR count). The first kappa shape index (κ1) is 16.3. The monoisotopic (exact) mass is 280 g/mol. The quantitative estimate of drug-likeness (QED) is 0.549. The molecule has 2 fully saturated rings. The van der Waals surface area contributed by atoms with Crippen molar-refractivity contribution in [1.29, 1.82) is 0 Å². The Labute approximate surface area is 126 Å². The van der Waals surface area contributed by atoms with Crippen molar-refractivity contribution in [1.82, 2.24) is 5.43 Å². The maximum atomic E-state index is 6.11. The zero-order valence-electron chi connectivity index (χ0n) is 14.0. The van der Waals surface area contributed by atoms with E-state index in [0.29, 0.717) is 11.5 Å². The summed E-state index contributed by atoms with van der Waals surface area (Å²) in [7, 11) is 0. The average molecular weight is 280 g/mol. The highest BCUT2D eigenvalue weighted by Gasteiger charge is 2.46. The second-order valence-electron chi connectivity index (χ2n) is 7.93. The lowest BCUT2D eigenvalue weighted by Gasteiger charge is -2.47. The fraction of sp³-hybridized carbons (Fsp3) is 1.00. The molecule has 3 unspecified atom stereocenters. The van der Waals surface area contributed by atoms with E-state index in [1.165, 1.54) is 64.2 Å². The fourth-order valence-corrected chi connectivity index (χ4v) is 5.47. The van der Waals surface area contributed by atoms with Gasteiger partial charge in [0, 0.05) is 6.04 Å². The normalized spacial score (nSPS) is 31.6. The lowest BCUT2D eigenvalue weighted by molar-refractivity contribution is 0.0585. The van der Waals surface area contributed by atoms with E-state index in [1.54, 1.807) is 0 Å². The predicted octanol–water partition coefficient (Wildman–Crippen LogP) is 4.64. The van der Waals surface area contributed by atoms with E-state index < -0.39 is 0 Å². The Morgan fingerprint density at radius 1 is 1.10 bits per heavy atom. The van der Waals surface area contributed by atoms with Gasteiger partial charge in [0.25, 0.3) is 0 Å². The van der Waals surface area contributed by atoms with E-state index in [2.05, 4.69) is 26.2 Å². The summed E-state index contributed by atoms with van der Waals surface area (Å²) in [5, 5.41) is 0. The number of hydrogen-bond acceptors (Lipinski definition) is 2. The average Bonchev–Trinajstić information content (AvgIpc) is 2.88. The molecule has 0 spiro atoms. The first-order chi connectivity index (χ1) is 9.63. The van der Waals surface area contributed by atoms with Crippen molar-refractivity contribution in [2.45, 2.75) is 91.0 Å². The van der Waals surface area contributed by atoms with Crippen molar-refractivity contribution in [2.24, 2.45) is 29.0 Å². The number of hydrogen-bond donors (Lipinski definition) is 2. The van der Waals surface area contributed by atoms with Gasteiger partial charge in [0.05, 0.1) is 0 Å². The van der Waals surface area contributed by atoms with Crippen LogP contribution < -0.4 is 11.3 Å². The Bertz CT molecular complexity index is 281. The first-order valence-electron chi connectivity index (χ1n) is 9.09. The molecule has 3 N–H and O–H groups in total. The molecule has 0 bridgehead atoms. The highest BCUT2D eigenvalue weighted by molar-refractivity contribution is 4.99. The van der Waals surface area contributed by atoms with Crippen LogP contribution >= 0.6 is 0 Å². The Morgan fingerprint density at radius 2 is 1.75 bits per heavy atom. The van der Waals surface area contributed by atoms with Gasteiger partial charge in [-0.1, -0.05) is 59.3 Å². The molecule has 0 heterocycles. The second kappa shape index (κ2) is 7.26. The summed E-state index contributed by atoms with van der Waals surface area (Å²) in [4.78, 5) is 0. The zero-order valence-corrected chi connectivity index (χ0v) is 14.0. The van der Waals surface area contributed by atoms with Crippen molar-refractivity contribution in [3.63, 3.8) is 0 Å². The van der Waals surface area contributed by atoms with E-state index in [4.69, 9.17) is 5.84 Å². The number of rotatable bonds is 6. The minimum absolute atomic E-state index is 0.484. The molecule has 2 saturated carbocycles. The summed E-state index contributed by atoms with van der Waals surface area (Å²) in [5.74, 6) is 8.61. The zero-order chi connectivity index (χ0) is 14.6. The van der Waals surface area contributed by atoms with Crippen LogP contribution in [0.3, 0.4) is 0 Å². The smallest absolute Gasteiger partial charge is 0.0297 e. The van der Waals surface area contributed by atoms with Crippen LogP contribution in [0.2, 0.25) is 0 Å². The van der Waals surface area contributed by atoms with Crippen LogP contribution in [0.1, 0.15) is 85.0 Å². The van der Waals surface area contributed by atoms with Crippen molar-refractivity contribution in [2.75, 3.05) is 0 Å². The molecule has 3 atom stereocenters. The lowest BCUT2D eigenvalue weighted by Crippen LogP contribution is -2.54. The van der Waals surface area contributed by atoms with Gasteiger partial charge in [-0.3, -0.25) is 11.3 Å². The Balaban J connectivity index is 2.18. The van der Waals surface area contributed by atoms with Gasteiger partial charge in [0.15, 0.2) is 0 Å². The summed E-state index contributed by atoms with van der Waals surface area (Å²) in [5.41, 5.74) is 3.81. The maximum absolute atomic E-state index is 6.11. The standard InChI is InChI=1S/C18H36N2/c1-4-15-9-5-6-10-16(15)17(20-19)18(13-14(2)3)11-7-8-12-18/h14-17,20H,4-13,19H2,1-3H3. The third kappa shape index (κ3) is 3.39. The van der Waals surface area contributed by atoms with Crippen molar-refractivity contribution in [3.8, 4) is 0 Å². The van der Waals surface area contributed by atoms with Gasteiger partial charge in [0.2, 0.25) is 0 Å². The third-order valence-electron chi connectivity index (χ3n) is 6.17. The Morgan fingerprint density at radius 3 is 2.30 bits per heavy atom. The molecule has 2 heteroatoms. The summed E-state index contributed by atoms with van der Waals surface area (Å²) in [6.07, 6.45) is 14.0. The molecule has 20 heavy (non-hydrogen) atoms. The molecule has 0 aliphatic heterocycles. The molecule has 2 aliphatic carbocycles. The number of nitrogens with one attached hydrogen (secondary N) is 1. The van der Waals surface area contributed by atoms with E-state index in [0.717, 1.165) is 17.8 Å². The van der Waals surface area contributed by atoms with Crippen LogP contribution in [-0.4, -0.2) is 6.04 Å². The molecule has 0 aromatic carbocycles. The number of hydrazine groups is 1. The van der Waals surface area contributed by atoms with E-state index in [9.17, 15) is 0 Å². The molecule has 0 amide bonds. The summed E-state index contributed by atoms with van der Waals surface area (Å²) < 4.78 is 0. The molecule has 0 aromatic rings. The molecule has 0 aromatic heterocycles. The molecular formula is C18H36N2. The highest BCUT2D eigenvalue weighted by atomic mass is 15.2. The van der Waals surface area contributed by atoms with Crippen LogP contribution in [0.4, 0.5) is 0 Å². The largest absolute Gasteiger partial charge is 0.271 e. The van der Waals surface area contributed by atoms with Crippen molar-refractivity contribution in [3.05, 3.63) is 0 Å². The van der Waals surface area contributed by atoms with Gasteiger partial charge in [-0.05, 0) is 48.9 Å². The summed E-state index contributed by atoms with van der Waals surface area (Å²) >= 11 is 0. The topological polar surface area (TPSA) is 38.0 Å². The molecule has 2 nitrogen and oxygen atoms in total. The van der Waals surface area contributed by atoms with Crippen molar-refractivity contribution >= 4 is 0 Å². The van der Waals surface area contributed by atoms with Gasteiger partial charge >= 0.3 is 0 Å². The van der Waals surface area contributed by atoms with Crippen LogP contribution in [0.25, 0.3) is 0 Å². The SMILES string of the molecule is CCC1CCCCC1C(NN)C1(CC(C)C)CCCC1. The number of nitrogens with two attached hydrogens (primary N) is 1. The van der Waals surface area contributed by atoms with Gasteiger partial charge < -0.3 is 0 Å². The highest BCUT2D eigenvalue weighted by Crippen LogP contribution is 2.51. The van der Waals surface area contributed by atoms with E-state index >= 15 is 0 Å². The van der Waals surface area contributed by atoms with Gasteiger partial charge in [0.1, 0.15) is 0 Å². The molecule has 2 aliphatic rings. The minimum Gasteiger partial charge on any atom is -0.271 e. The van der Waals surface area contributed by atoms with Gasteiger partial charge in [-0.25, -0.2) is 0 Å². The predicted molar refractivity (Wildman–Crippen MR) is 87.2 cm³/mol. The molecular weight excluding hydrogens is 244 g/mol. The Kier molecular flexibility index (Phi) is 5.92. The van der Waals surface area contributed by atoms with Crippen LogP contribution in [0.5, 0.6) is 0 Å². The summed E-state index contributed by atoms with van der Waals surface area (Å²) in [6.45, 7) is 7.14. The van der Waals surface area contributed by atoms with E-state index in [-0.39, 0.29) is 0 Å². The molecule has 0 saturated heterocycles. The third-order valence-corrected chi connectivity index (χ3v) is 6.17. The first-order valence-corrected chi connectivity index (χ1v) is 9.09. The molecule has 118 valence electrons. The Hall–Kier alpha value is -0.0800.